The molecule has 1 aromatic heterocycles. The summed E-state index contributed by atoms with van der Waals surface area (Å²) >= 11 is 3.48. The number of hydrogen-bond donors (Lipinski definition) is 0. The lowest BCUT2D eigenvalue weighted by atomic mass is 10.1. The van der Waals surface area contributed by atoms with Gasteiger partial charge in [0.25, 0.3) is 11.5 Å². The number of carbonyl (C=O) groups is 1. The molecular formula is C28H28BrN3O2. The van der Waals surface area contributed by atoms with Crippen LogP contribution in [0.15, 0.2) is 88.1 Å². The van der Waals surface area contributed by atoms with Crippen LogP contribution in [0, 0.1) is 0 Å². The molecule has 4 aromatic rings. The van der Waals surface area contributed by atoms with E-state index in [1.807, 2.05) is 84.6 Å². The van der Waals surface area contributed by atoms with Crippen LogP contribution < -0.4 is 5.56 Å². The molecule has 0 aliphatic heterocycles. The lowest BCUT2D eigenvalue weighted by Crippen LogP contribution is -2.39. The molecule has 6 heteroatoms. The summed E-state index contributed by atoms with van der Waals surface area (Å²) < 4.78 is 2.52. The summed E-state index contributed by atoms with van der Waals surface area (Å²) in [6.45, 7) is 4.73. The summed E-state index contributed by atoms with van der Waals surface area (Å²) in [5, 5.41) is 0.559. The van der Waals surface area contributed by atoms with E-state index in [0.29, 0.717) is 35.3 Å². The van der Waals surface area contributed by atoms with E-state index in [1.165, 1.54) is 0 Å². The maximum absolute atomic E-state index is 13.8. The molecule has 1 atom stereocenters. The fourth-order valence-electron chi connectivity index (χ4n) is 4.26. The predicted octanol–water partition coefficient (Wildman–Crippen LogP) is 6.54. The van der Waals surface area contributed by atoms with Gasteiger partial charge in [-0.2, -0.15) is 0 Å². The number of para-hydroxylation sites is 2. The first kappa shape index (κ1) is 23.9. The van der Waals surface area contributed by atoms with Gasteiger partial charge >= 0.3 is 0 Å². The van der Waals surface area contributed by atoms with Crippen molar-refractivity contribution in [2.75, 3.05) is 6.54 Å². The summed E-state index contributed by atoms with van der Waals surface area (Å²) in [4.78, 5) is 34.3. The molecule has 0 spiro atoms. The highest BCUT2D eigenvalue weighted by Gasteiger charge is 2.29. The molecule has 0 N–H and O–H groups in total. The highest BCUT2D eigenvalue weighted by Crippen LogP contribution is 2.28. The Morgan fingerprint density at radius 2 is 1.74 bits per heavy atom. The van der Waals surface area contributed by atoms with Crippen molar-refractivity contribution in [3.05, 3.63) is 105 Å². The van der Waals surface area contributed by atoms with E-state index in [0.717, 1.165) is 23.0 Å². The van der Waals surface area contributed by atoms with Crippen molar-refractivity contribution in [1.29, 1.82) is 0 Å². The standard InChI is InChI=1S/C28H28BrN3O2/c1-3-5-18-31(27(33)20-12-11-13-21(29)19-20)25(4-2)26-30-24-17-10-9-16-23(24)28(34)32(26)22-14-7-6-8-15-22/h6-17,19,25H,3-5,18H2,1-2H3. The fourth-order valence-corrected chi connectivity index (χ4v) is 4.66. The Kier molecular flexibility index (Phi) is 7.58. The quantitative estimate of drug-likeness (QED) is 0.266. The largest absolute Gasteiger partial charge is 0.328 e. The van der Waals surface area contributed by atoms with Crippen molar-refractivity contribution in [3.8, 4) is 5.69 Å². The number of hydrogen-bond acceptors (Lipinski definition) is 3. The Balaban J connectivity index is 1.93. The second kappa shape index (κ2) is 10.8. The zero-order chi connectivity index (χ0) is 24.1. The zero-order valence-electron chi connectivity index (χ0n) is 19.4. The number of amides is 1. The van der Waals surface area contributed by atoms with E-state index < -0.39 is 0 Å². The summed E-state index contributed by atoms with van der Waals surface area (Å²) in [5.74, 6) is 0.514. The van der Waals surface area contributed by atoms with Gasteiger partial charge < -0.3 is 4.90 Å². The Morgan fingerprint density at radius 3 is 2.44 bits per heavy atom. The molecule has 4 rings (SSSR count). The average molecular weight is 518 g/mol. The third-order valence-electron chi connectivity index (χ3n) is 5.96. The first-order chi connectivity index (χ1) is 16.5. The molecule has 5 nitrogen and oxygen atoms in total. The normalized spacial score (nSPS) is 12.0. The second-order valence-electron chi connectivity index (χ2n) is 8.25. The van der Waals surface area contributed by atoms with Crippen molar-refractivity contribution in [3.63, 3.8) is 0 Å². The van der Waals surface area contributed by atoms with E-state index in [9.17, 15) is 9.59 Å². The van der Waals surface area contributed by atoms with Crippen LogP contribution in [0.2, 0.25) is 0 Å². The number of nitrogens with zero attached hydrogens (tertiary/aromatic N) is 3. The van der Waals surface area contributed by atoms with Crippen molar-refractivity contribution in [1.82, 2.24) is 14.5 Å². The Morgan fingerprint density at radius 1 is 1.00 bits per heavy atom. The van der Waals surface area contributed by atoms with Crippen LogP contribution in [0.25, 0.3) is 16.6 Å². The zero-order valence-corrected chi connectivity index (χ0v) is 21.0. The molecule has 0 aliphatic rings. The second-order valence-corrected chi connectivity index (χ2v) is 9.17. The fraction of sp³-hybridized carbons (Fsp3) is 0.250. The Hall–Kier alpha value is -3.25. The first-order valence-corrected chi connectivity index (χ1v) is 12.5. The monoisotopic (exact) mass is 517 g/mol. The Bertz CT molecular complexity index is 1350. The summed E-state index contributed by atoms with van der Waals surface area (Å²) in [7, 11) is 0. The summed E-state index contributed by atoms with van der Waals surface area (Å²) in [5.41, 5.74) is 1.86. The van der Waals surface area contributed by atoms with Crippen LogP contribution in [-0.2, 0) is 0 Å². The number of rotatable bonds is 8. The van der Waals surface area contributed by atoms with Crippen LogP contribution in [0.4, 0.5) is 0 Å². The van der Waals surface area contributed by atoms with Gasteiger partial charge in [0.15, 0.2) is 0 Å². The molecule has 1 unspecified atom stereocenters. The summed E-state index contributed by atoms with van der Waals surface area (Å²) in [6.07, 6.45) is 2.44. The smallest absolute Gasteiger partial charge is 0.266 e. The maximum atomic E-state index is 13.8. The molecule has 174 valence electrons. The molecular weight excluding hydrogens is 490 g/mol. The molecule has 3 aromatic carbocycles. The Labute approximate surface area is 208 Å². The minimum Gasteiger partial charge on any atom is -0.328 e. The van der Waals surface area contributed by atoms with Gasteiger partial charge in [-0.25, -0.2) is 4.98 Å². The van der Waals surface area contributed by atoms with Gasteiger partial charge in [0.2, 0.25) is 0 Å². The topological polar surface area (TPSA) is 55.2 Å². The lowest BCUT2D eigenvalue weighted by Gasteiger charge is -2.32. The number of unbranched alkanes of at least 4 members (excludes halogenated alkanes) is 1. The molecule has 0 fully saturated rings. The van der Waals surface area contributed by atoms with Gasteiger partial charge in [-0.3, -0.25) is 14.2 Å². The van der Waals surface area contributed by atoms with E-state index in [4.69, 9.17) is 4.98 Å². The number of carbonyl (C=O) groups excluding carboxylic acids is 1. The number of halogens is 1. The van der Waals surface area contributed by atoms with Crippen molar-refractivity contribution in [2.45, 2.75) is 39.2 Å². The molecule has 0 bridgehead atoms. The highest BCUT2D eigenvalue weighted by atomic mass is 79.9. The number of fused-ring (bicyclic) bond motifs is 1. The minimum atomic E-state index is -0.365. The molecule has 34 heavy (non-hydrogen) atoms. The van der Waals surface area contributed by atoms with Crippen LogP contribution in [0.5, 0.6) is 0 Å². The molecule has 0 radical (unpaired) electrons. The third kappa shape index (κ3) is 4.82. The van der Waals surface area contributed by atoms with Gasteiger partial charge in [-0.15, -0.1) is 0 Å². The van der Waals surface area contributed by atoms with Gasteiger partial charge in [-0.05, 0) is 55.3 Å². The van der Waals surface area contributed by atoms with E-state index >= 15 is 0 Å². The molecule has 0 saturated heterocycles. The van der Waals surface area contributed by atoms with Crippen LogP contribution in [0.1, 0.15) is 55.3 Å². The minimum absolute atomic E-state index is 0.0661. The van der Waals surface area contributed by atoms with E-state index in [1.54, 1.807) is 10.6 Å². The number of benzene rings is 3. The molecule has 1 amide bonds. The molecule has 0 aliphatic carbocycles. The third-order valence-corrected chi connectivity index (χ3v) is 6.46. The van der Waals surface area contributed by atoms with Crippen molar-refractivity contribution < 1.29 is 4.79 Å². The van der Waals surface area contributed by atoms with E-state index in [-0.39, 0.29) is 17.5 Å². The van der Waals surface area contributed by atoms with Crippen molar-refractivity contribution >= 4 is 32.7 Å². The van der Waals surface area contributed by atoms with Crippen LogP contribution >= 0.6 is 15.9 Å². The summed E-state index contributed by atoms with van der Waals surface area (Å²) in [6, 6.07) is 24.0. The highest BCUT2D eigenvalue weighted by molar-refractivity contribution is 9.10. The van der Waals surface area contributed by atoms with E-state index in [2.05, 4.69) is 22.9 Å². The lowest BCUT2D eigenvalue weighted by molar-refractivity contribution is 0.0656. The molecule has 1 heterocycles. The SMILES string of the molecule is CCCCN(C(=O)c1cccc(Br)c1)C(CC)c1nc2ccccc2c(=O)n1-c1ccccc1. The van der Waals surface area contributed by atoms with Crippen molar-refractivity contribution in [2.24, 2.45) is 0 Å². The van der Waals surface area contributed by atoms with Gasteiger partial charge in [0.05, 0.1) is 22.6 Å². The van der Waals surface area contributed by atoms with Crippen LogP contribution in [0.3, 0.4) is 0 Å². The van der Waals surface area contributed by atoms with Crippen LogP contribution in [-0.4, -0.2) is 26.9 Å². The predicted molar refractivity (Wildman–Crippen MR) is 140 cm³/mol. The molecule has 0 saturated carbocycles. The van der Waals surface area contributed by atoms with Gasteiger partial charge in [-0.1, -0.05) is 72.6 Å². The number of aromatic nitrogens is 2. The average Bonchev–Trinajstić information content (AvgIpc) is 2.86. The maximum Gasteiger partial charge on any atom is 0.266 e. The van der Waals surface area contributed by atoms with Gasteiger partial charge in [0, 0.05) is 16.6 Å². The van der Waals surface area contributed by atoms with Gasteiger partial charge in [0.1, 0.15) is 5.82 Å². The first-order valence-electron chi connectivity index (χ1n) is 11.7.